The number of nitrogens with zero attached hydrogens (tertiary/aromatic N) is 3. The van der Waals surface area contributed by atoms with Gasteiger partial charge in [0, 0.05) is 42.3 Å². The van der Waals surface area contributed by atoms with E-state index in [0.29, 0.717) is 6.42 Å². The second kappa shape index (κ2) is 6.16. The molecule has 0 amide bonds. The number of allylic oxidation sites excluding steroid dienone is 1. The summed E-state index contributed by atoms with van der Waals surface area (Å²) in [7, 11) is 0. The second-order valence-electron chi connectivity index (χ2n) is 5.55. The first-order valence-corrected chi connectivity index (χ1v) is 7.69. The summed E-state index contributed by atoms with van der Waals surface area (Å²) in [5.41, 5.74) is 5.94. The van der Waals surface area contributed by atoms with Crippen LogP contribution in [0.5, 0.6) is 0 Å². The molecule has 0 bridgehead atoms. The Hall–Kier alpha value is -3.14. The number of aliphatic imine (C=N–C) groups is 1. The van der Waals surface area contributed by atoms with Crippen LogP contribution in [-0.2, 0) is 0 Å². The molecule has 0 atom stereocenters. The van der Waals surface area contributed by atoms with Gasteiger partial charge in [-0.3, -0.25) is 15.0 Å². The molecule has 1 aromatic carbocycles. The zero-order valence-electron chi connectivity index (χ0n) is 12.9. The highest BCUT2D eigenvalue weighted by atomic mass is 19.1. The molecule has 24 heavy (non-hydrogen) atoms. The van der Waals surface area contributed by atoms with Crippen LogP contribution in [0.25, 0.3) is 11.3 Å². The summed E-state index contributed by atoms with van der Waals surface area (Å²) < 4.78 is 13.3. The van der Waals surface area contributed by atoms with E-state index in [1.807, 2.05) is 30.5 Å². The number of rotatable bonds is 3. The normalized spacial score (nSPS) is 14.0. The summed E-state index contributed by atoms with van der Waals surface area (Å²) in [5.74, 6) is -0.240. The van der Waals surface area contributed by atoms with Crippen LogP contribution in [0.2, 0.25) is 0 Å². The minimum absolute atomic E-state index is 0.240. The van der Waals surface area contributed by atoms with Crippen molar-refractivity contribution in [3.05, 3.63) is 95.8 Å². The van der Waals surface area contributed by atoms with Gasteiger partial charge in [-0.1, -0.05) is 18.2 Å². The molecule has 0 spiro atoms. The monoisotopic (exact) mass is 315 g/mol. The molecule has 1 aliphatic rings. The lowest BCUT2D eigenvalue weighted by molar-refractivity contribution is 0.627. The molecule has 0 fully saturated rings. The van der Waals surface area contributed by atoms with Crippen molar-refractivity contribution < 1.29 is 4.39 Å². The lowest BCUT2D eigenvalue weighted by Gasteiger charge is -2.06. The minimum Gasteiger partial charge on any atom is -0.265 e. The molecular weight excluding hydrogens is 301 g/mol. The van der Waals surface area contributed by atoms with Gasteiger partial charge in [0.05, 0.1) is 11.4 Å². The van der Waals surface area contributed by atoms with E-state index in [9.17, 15) is 4.39 Å². The number of pyridine rings is 2. The Balaban J connectivity index is 1.81. The third-order valence-electron chi connectivity index (χ3n) is 4.02. The first-order chi connectivity index (χ1) is 11.8. The summed E-state index contributed by atoms with van der Waals surface area (Å²) in [6.07, 6.45) is 7.76. The van der Waals surface area contributed by atoms with Crippen LogP contribution in [0.1, 0.15) is 23.1 Å². The molecule has 4 heteroatoms. The molecule has 0 aliphatic carbocycles. The van der Waals surface area contributed by atoms with Gasteiger partial charge in [0.1, 0.15) is 5.82 Å². The van der Waals surface area contributed by atoms with Crippen molar-refractivity contribution in [3.63, 3.8) is 0 Å². The average molecular weight is 315 g/mol. The van der Waals surface area contributed by atoms with E-state index >= 15 is 0 Å². The lowest BCUT2D eigenvalue weighted by atomic mass is 9.97. The number of hydrogen-bond acceptors (Lipinski definition) is 3. The molecule has 1 aliphatic heterocycles. The maximum Gasteiger partial charge on any atom is 0.123 e. The molecule has 0 saturated carbocycles. The largest absolute Gasteiger partial charge is 0.265 e. The number of hydrogen-bond donors (Lipinski definition) is 0. The van der Waals surface area contributed by atoms with Gasteiger partial charge in [-0.25, -0.2) is 4.39 Å². The Bertz CT molecular complexity index is 914. The number of benzene rings is 1. The van der Waals surface area contributed by atoms with E-state index in [1.54, 1.807) is 30.7 Å². The maximum atomic E-state index is 13.3. The van der Waals surface area contributed by atoms with Crippen LogP contribution in [-0.4, -0.2) is 15.7 Å². The first kappa shape index (κ1) is 14.5. The van der Waals surface area contributed by atoms with E-state index in [1.165, 1.54) is 12.1 Å². The molecular formula is C20H14FN3. The molecule has 116 valence electrons. The summed E-state index contributed by atoms with van der Waals surface area (Å²) in [6.45, 7) is 0. The van der Waals surface area contributed by atoms with Crippen molar-refractivity contribution in [2.24, 2.45) is 4.99 Å². The van der Waals surface area contributed by atoms with Crippen molar-refractivity contribution >= 4 is 17.0 Å². The number of halogens is 1. The smallest absolute Gasteiger partial charge is 0.123 e. The van der Waals surface area contributed by atoms with Gasteiger partial charge in [-0.15, -0.1) is 0 Å². The Morgan fingerprint density at radius 2 is 1.54 bits per heavy atom. The van der Waals surface area contributed by atoms with Gasteiger partial charge in [0.15, 0.2) is 0 Å². The summed E-state index contributed by atoms with van der Waals surface area (Å²) >= 11 is 0. The third kappa shape index (κ3) is 2.74. The minimum atomic E-state index is -0.240. The fraction of sp³-hybridized carbons (Fsp3) is 0.0500. The van der Waals surface area contributed by atoms with Gasteiger partial charge in [0.2, 0.25) is 0 Å². The van der Waals surface area contributed by atoms with E-state index in [2.05, 4.69) is 9.97 Å². The van der Waals surface area contributed by atoms with Crippen LogP contribution in [0, 0.1) is 5.82 Å². The highest BCUT2D eigenvalue weighted by Crippen LogP contribution is 2.36. The topological polar surface area (TPSA) is 38.1 Å². The molecule has 0 unspecified atom stereocenters. The van der Waals surface area contributed by atoms with Crippen LogP contribution in [0.3, 0.4) is 0 Å². The summed E-state index contributed by atoms with van der Waals surface area (Å²) in [5, 5.41) is 0. The zero-order valence-corrected chi connectivity index (χ0v) is 12.9. The maximum absolute atomic E-state index is 13.3. The lowest BCUT2D eigenvalue weighted by Crippen LogP contribution is -1.98. The van der Waals surface area contributed by atoms with Crippen molar-refractivity contribution in [1.29, 1.82) is 0 Å². The average Bonchev–Trinajstić information content (AvgIpc) is 3.09. The van der Waals surface area contributed by atoms with Crippen molar-refractivity contribution in [3.8, 4) is 0 Å². The Labute approximate surface area is 139 Å². The molecule has 4 rings (SSSR count). The van der Waals surface area contributed by atoms with Crippen LogP contribution in [0.4, 0.5) is 4.39 Å². The quantitative estimate of drug-likeness (QED) is 0.719. The Morgan fingerprint density at radius 1 is 0.750 bits per heavy atom. The molecule has 3 aromatic rings. The molecule has 3 heterocycles. The van der Waals surface area contributed by atoms with E-state index < -0.39 is 0 Å². The fourth-order valence-electron chi connectivity index (χ4n) is 2.83. The van der Waals surface area contributed by atoms with Crippen molar-refractivity contribution in [2.75, 3.05) is 0 Å². The van der Waals surface area contributed by atoms with Crippen LogP contribution in [0.15, 0.2) is 78.3 Å². The summed E-state index contributed by atoms with van der Waals surface area (Å²) in [6, 6.07) is 14.3. The van der Waals surface area contributed by atoms with E-state index in [0.717, 1.165) is 33.7 Å². The molecule has 0 saturated heterocycles. The van der Waals surface area contributed by atoms with Gasteiger partial charge in [0.25, 0.3) is 0 Å². The molecule has 2 aromatic heterocycles. The first-order valence-electron chi connectivity index (χ1n) is 7.69. The van der Waals surface area contributed by atoms with Crippen LogP contribution >= 0.6 is 0 Å². The van der Waals surface area contributed by atoms with Crippen molar-refractivity contribution in [2.45, 2.75) is 6.42 Å². The standard InChI is InChI=1S/C20H14FN3/c21-17-5-3-14(4-6-17)18-12-19(16-2-1-9-23-13-16)24-20(18)15-7-10-22-11-8-15/h1-11,13H,12H2. The SMILES string of the molecule is Fc1ccc(C2=C(c3ccncc3)N=C(c3cccnc3)C2)cc1. The molecule has 0 radical (unpaired) electrons. The predicted molar refractivity (Wildman–Crippen MR) is 92.8 cm³/mol. The van der Waals surface area contributed by atoms with Gasteiger partial charge >= 0.3 is 0 Å². The van der Waals surface area contributed by atoms with E-state index in [4.69, 9.17) is 4.99 Å². The predicted octanol–water partition coefficient (Wildman–Crippen LogP) is 4.38. The van der Waals surface area contributed by atoms with Gasteiger partial charge in [-0.05, 0) is 41.5 Å². The second-order valence-corrected chi connectivity index (χ2v) is 5.55. The Morgan fingerprint density at radius 3 is 2.25 bits per heavy atom. The zero-order chi connectivity index (χ0) is 16.4. The van der Waals surface area contributed by atoms with Crippen LogP contribution < -0.4 is 0 Å². The van der Waals surface area contributed by atoms with Crippen molar-refractivity contribution in [1.82, 2.24) is 9.97 Å². The van der Waals surface area contributed by atoms with E-state index in [-0.39, 0.29) is 5.82 Å². The number of aromatic nitrogens is 2. The molecule has 0 N–H and O–H groups in total. The van der Waals surface area contributed by atoms with Gasteiger partial charge in [-0.2, -0.15) is 0 Å². The highest BCUT2D eigenvalue weighted by Gasteiger charge is 2.21. The third-order valence-corrected chi connectivity index (χ3v) is 4.02. The highest BCUT2D eigenvalue weighted by molar-refractivity contribution is 6.16. The molecule has 3 nitrogen and oxygen atoms in total. The fourth-order valence-corrected chi connectivity index (χ4v) is 2.83. The summed E-state index contributed by atoms with van der Waals surface area (Å²) in [4.78, 5) is 13.1. The van der Waals surface area contributed by atoms with Gasteiger partial charge < -0.3 is 0 Å². The Kier molecular flexibility index (Phi) is 3.71.